The first-order valence-corrected chi connectivity index (χ1v) is 16.5. The van der Waals surface area contributed by atoms with Gasteiger partial charge >= 0.3 is 0 Å². The molecule has 1 fully saturated rings. The number of fused-ring (bicyclic) bond motifs is 1. The van der Waals surface area contributed by atoms with Gasteiger partial charge in [0.2, 0.25) is 0 Å². The van der Waals surface area contributed by atoms with E-state index in [0.717, 1.165) is 48.3 Å². The molecule has 0 atom stereocenters. The van der Waals surface area contributed by atoms with E-state index in [1.165, 1.54) is 31.0 Å². The zero-order valence-corrected chi connectivity index (χ0v) is 28.2. The lowest BCUT2D eigenvalue weighted by Crippen LogP contribution is -2.34. The molecule has 254 valence electrons. The lowest BCUT2D eigenvalue weighted by atomic mass is 9.99. The lowest BCUT2D eigenvalue weighted by Gasteiger charge is -2.30. The summed E-state index contributed by atoms with van der Waals surface area (Å²) in [6.07, 6.45) is 4.96. The molecule has 3 heterocycles. The second-order valence-corrected chi connectivity index (χ2v) is 12.5. The fraction of sp³-hybridized carbons (Fsp3) is 0.316. The monoisotopic (exact) mass is 665 g/mol. The third-order valence-electron chi connectivity index (χ3n) is 8.77. The van der Waals surface area contributed by atoms with Crippen LogP contribution in [0.1, 0.15) is 47.8 Å². The molecule has 6 rings (SSSR count). The Morgan fingerprint density at radius 2 is 1.73 bits per heavy atom. The number of pyridine rings is 1. The number of carbonyl (C=O) groups is 1. The number of aromatic nitrogens is 3. The number of piperidine rings is 1. The van der Waals surface area contributed by atoms with E-state index in [1.807, 2.05) is 19.1 Å². The molecular weight excluding hydrogens is 625 g/mol. The quantitative estimate of drug-likeness (QED) is 0.149. The Morgan fingerprint density at radius 1 is 0.959 bits per heavy atom. The first-order valence-electron chi connectivity index (χ1n) is 16.5. The Balaban J connectivity index is 1.18. The molecule has 0 unspecified atom stereocenters. The number of likely N-dealkylation sites (tertiary alicyclic amines) is 1. The summed E-state index contributed by atoms with van der Waals surface area (Å²) in [6.45, 7) is 9.67. The minimum Gasteiger partial charge on any atom is -0.493 e. The van der Waals surface area contributed by atoms with Crippen LogP contribution in [0.2, 0.25) is 0 Å². The smallest absolute Gasteiger partial charge is 0.276 e. The third kappa shape index (κ3) is 7.89. The van der Waals surface area contributed by atoms with Crippen LogP contribution < -0.4 is 25.1 Å². The number of rotatable bonds is 11. The number of halogens is 1. The molecule has 3 aromatic carbocycles. The van der Waals surface area contributed by atoms with Gasteiger partial charge in [0.25, 0.3) is 11.5 Å². The van der Waals surface area contributed by atoms with Crippen molar-refractivity contribution in [1.29, 1.82) is 0 Å². The molecule has 1 aliphatic rings. The van der Waals surface area contributed by atoms with Crippen molar-refractivity contribution in [3.05, 3.63) is 106 Å². The SMILES string of the molecule is COc1cc2c(Oc3ccc(-n4nc(C(=O)Nc5ccc(C)cc5)c(C)cc4=O)cc3F)ccnc2cc1OCCCN1CCC(C)CC1. The van der Waals surface area contributed by atoms with E-state index in [2.05, 4.69) is 27.2 Å². The van der Waals surface area contributed by atoms with E-state index in [1.54, 1.807) is 50.6 Å². The number of hydrogen-bond acceptors (Lipinski definition) is 8. The topological polar surface area (TPSA) is 108 Å². The number of anilines is 1. The summed E-state index contributed by atoms with van der Waals surface area (Å²) < 4.78 is 34.3. The fourth-order valence-electron chi connectivity index (χ4n) is 5.85. The van der Waals surface area contributed by atoms with Gasteiger partial charge in [0.05, 0.1) is 24.9 Å². The van der Waals surface area contributed by atoms with E-state index < -0.39 is 17.3 Å². The average molecular weight is 666 g/mol. The Hall–Kier alpha value is -5.29. The van der Waals surface area contributed by atoms with E-state index >= 15 is 4.39 Å². The van der Waals surface area contributed by atoms with Gasteiger partial charge in [-0.15, -0.1) is 0 Å². The number of amides is 1. The molecule has 2 aromatic heterocycles. The zero-order chi connectivity index (χ0) is 34.5. The highest BCUT2D eigenvalue weighted by molar-refractivity contribution is 6.03. The highest BCUT2D eigenvalue weighted by atomic mass is 19.1. The zero-order valence-electron chi connectivity index (χ0n) is 28.2. The molecule has 1 N–H and O–H groups in total. The minimum atomic E-state index is -0.725. The molecule has 0 spiro atoms. The Labute approximate surface area is 284 Å². The summed E-state index contributed by atoms with van der Waals surface area (Å²) in [4.78, 5) is 32.9. The van der Waals surface area contributed by atoms with E-state index in [0.29, 0.717) is 46.0 Å². The molecule has 0 radical (unpaired) electrons. The first kappa shape index (κ1) is 33.6. The molecule has 1 amide bonds. The van der Waals surface area contributed by atoms with Gasteiger partial charge in [-0.2, -0.15) is 9.78 Å². The molecule has 1 aliphatic heterocycles. The van der Waals surface area contributed by atoms with Crippen molar-refractivity contribution in [3.8, 4) is 28.7 Å². The largest absolute Gasteiger partial charge is 0.493 e. The molecule has 0 saturated carbocycles. The summed E-state index contributed by atoms with van der Waals surface area (Å²) in [6, 6.07) is 17.9. The number of carbonyl (C=O) groups excluding carboxylic acids is 1. The van der Waals surface area contributed by atoms with Crippen LogP contribution in [0, 0.1) is 25.6 Å². The number of benzene rings is 3. The molecule has 49 heavy (non-hydrogen) atoms. The number of ether oxygens (including phenoxy) is 3. The number of aryl methyl sites for hydroxylation is 2. The van der Waals surface area contributed by atoms with Crippen LogP contribution in [0.15, 0.2) is 77.7 Å². The Bertz CT molecular complexity index is 2020. The number of methoxy groups -OCH3 is 1. The van der Waals surface area contributed by atoms with Gasteiger partial charge in [0, 0.05) is 42.0 Å². The van der Waals surface area contributed by atoms with Crippen molar-refractivity contribution in [3.63, 3.8) is 0 Å². The molecule has 0 aliphatic carbocycles. The van der Waals surface area contributed by atoms with Crippen molar-refractivity contribution >= 4 is 22.5 Å². The van der Waals surface area contributed by atoms with Crippen LogP contribution in [0.3, 0.4) is 0 Å². The standard InChI is InChI=1S/C38H40FN5O5/c1-24-6-8-27(9-7-24)41-38(46)37-26(3)20-36(45)44(42-37)28-10-11-33(30(39)21-28)49-32-12-15-40-31-23-35(34(47-4)22-29(31)32)48-19-5-16-43-17-13-25(2)14-18-43/h6-12,15,20-23,25H,5,13-14,16-19H2,1-4H3,(H,41,46). The molecule has 1 saturated heterocycles. The average Bonchev–Trinajstić information content (AvgIpc) is 3.09. The molecule has 11 heteroatoms. The minimum absolute atomic E-state index is 0.0399. The van der Waals surface area contributed by atoms with Gasteiger partial charge in [-0.3, -0.25) is 14.6 Å². The maximum atomic E-state index is 15.5. The van der Waals surface area contributed by atoms with Gasteiger partial charge in [-0.05, 0) is 94.1 Å². The number of hydrogen-bond donors (Lipinski definition) is 1. The molecule has 0 bridgehead atoms. The van der Waals surface area contributed by atoms with Crippen molar-refractivity contribution in [2.24, 2.45) is 5.92 Å². The highest BCUT2D eigenvalue weighted by Gasteiger charge is 2.19. The molecule has 10 nitrogen and oxygen atoms in total. The normalized spacial score (nSPS) is 13.7. The van der Waals surface area contributed by atoms with Crippen LogP contribution in [-0.4, -0.2) is 58.9 Å². The Morgan fingerprint density at radius 3 is 2.47 bits per heavy atom. The molecule has 5 aromatic rings. The van der Waals surface area contributed by atoms with Crippen LogP contribution >= 0.6 is 0 Å². The summed E-state index contributed by atoms with van der Waals surface area (Å²) in [5.74, 6) is 0.967. The maximum Gasteiger partial charge on any atom is 0.276 e. The van der Waals surface area contributed by atoms with Gasteiger partial charge in [0.1, 0.15) is 5.75 Å². The lowest BCUT2D eigenvalue weighted by molar-refractivity contribution is 0.102. The van der Waals surface area contributed by atoms with Crippen molar-refractivity contribution in [2.75, 3.05) is 38.7 Å². The van der Waals surface area contributed by atoms with Crippen LogP contribution in [0.25, 0.3) is 16.6 Å². The predicted molar refractivity (Wildman–Crippen MR) is 187 cm³/mol. The summed E-state index contributed by atoms with van der Waals surface area (Å²) in [5.41, 5.74) is 2.30. The van der Waals surface area contributed by atoms with E-state index in [9.17, 15) is 9.59 Å². The summed E-state index contributed by atoms with van der Waals surface area (Å²) >= 11 is 0. The third-order valence-corrected chi connectivity index (χ3v) is 8.77. The van der Waals surface area contributed by atoms with Crippen molar-refractivity contribution in [2.45, 2.75) is 40.0 Å². The first-order chi connectivity index (χ1) is 23.7. The van der Waals surface area contributed by atoms with Crippen molar-refractivity contribution in [1.82, 2.24) is 19.7 Å². The highest BCUT2D eigenvalue weighted by Crippen LogP contribution is 2.38. The second-order valence-electron chi connectivity index (χ2n) is 12.5. The van der Waals surface area contributed by atoms with Gasteiger partial charge < -0.3 is 24.4 Å². The Kier molecular flexibility index (Phi) is 10.2. The van der Waals surface area contributed by atoms with E-state index in [4.69, 9.17) is 14.2 Å². The van der Waals surface area contributed by atoms with Gasteiger partial charge in [-0.25, -0.2) is 4.39 Å². The second kappa shape index (κ2) is 14.9. The van der Waals surface area contributed by atoms with Crippen LogP contribution in [0.5, 0.6) is 23.0 Å². The molecular formula is C38H40FN5O5. The summed E-state index contributed by atoms with van der Waals surface area (Å²) in [7, 11) is 1.57. The fourth-order valence-corrected chi connectivity index (χ4v) is 5.85. The van der Waals surface area contributed by atoms with Crippen LogP contribution in [-0.2, 0) is 0 Å². The van der Waals surface area contributed by atoms with Gasteiger partial charge in [-0.1, -0.05) is 24.6 Å². The van der Waals surface area contributed by atoms with E-state index in [-0.39, 0.29) is 17.1 Å². The maximum absolute atomic E-state index is 15.5. The van der Waals surface area contributed by atoms with Crippen LogP contribution in [0.4, 0.5) is 10.1 Å². The van der Waals surface area contributed by atoms with Gasteiger partial charge in [0.15, 0.2) is 28.8 Å². The predicted octanol–water partition coefficient (Wildman–Crippen LogP) is 7.09. The number of nitrogens with zero attached hydrogens (tertiary/aromatic N) is 4. The number of nitrogens with one attached hydrogen (secondary N) is 1. The summed E-state index contributed by atoms with van der Waals surface area (Å²) in [5, 5.41) is 7.68. The van der Waals surface area contributed by atoms with Crippen molar-refractivity contribution < 1.29 is 23.4 Å².